The van der Waals surface area contributed by atoms with Crippen molar-refractivity contribution >= 4 is 43.0 Å². The van der Waals surface area contributed by atoms with Gasteiger partial charge in [0.15, 0.2) is 0 Å². The molecule has 1 aromatic heterocycles. The smallest absolute Gasteiger partial charge is 0.250 e. The number of rotatable bonds is 3. The van der Waals surface area contributed by atoms with E-state index < -0.39 is 10.0 Å². The fraction of sp³-hybridized carbons (Fsp3) is 0.286. The largest absolute Gasteiger partial charge is 0.399 e. The quantitative estimate of drug-likeness (QED) is 0.793. The van der Waals surface area contributed by atoms with Crippen molar-refractivity contribution in [3.05, 3.63) is 45.2 Å². The van der Waals surface area contributed by atoms with Gasteiger partial charge in [0.25, 0.3) is 10.0 Å². The third-order valence-corrected chi connectivity index (χ3v) is 7.18. The summed E-state index contributed by atoms with van der Waals surface area (Å²) in [5.74, 6) is 0. The highest BCUT2D eigenvalue weighted by atomic mass is 79.9. The predicted molar refractivity (Wildman–Crippen MR) is 88.9 cm³/mol. The summed E-state index contributed by atoms with van der Waals surface area (Å²) in [6.45, 7) is 0. The van der Waals surface area contributed by atoms with Crippen LogP contribution in [0.15, 0.2) is 38.3 Å². The van der Waals surface area contributed by atoms with E-state index >= 15 is 0 Å². The monoisotopic (exact) mass is 386 g/mol. The topological polar surface area (TPSA) is 72.2 Å². The fourth-order valence-electron chi connectivity index (χ4n) is 2.64. The van der Waals surface area contributed by atoms with Crippen LogP contribution in [-0.4, -0.2) is 8.42 Å². The minimum Gasteiger partial charge on any atom is -0.399 e. The molecule has 1 aliphatic carbocycles. The van der Waals surface area contributed by atoms with Crippen LogP contribution in [0.25, 0.3) is 0 Å². The molecule has 0 bridgehead atoms. The first-order valence-electron chi connectivity index (χ1n) is 6.62. The zero-order valence-electron chi connectivity index (χ0n) is 11.2. The van der Waals surface area contributed by atoms with Crippen LogP contribution in [0.1, 0.15) is 30.0 Å². The molecule has 112 valence electrons. The van der Waals surface area contributed by atoms with Gasteiger partial charge in [-0.05, 0) is 70.6 Å². The first-order chi connectivity index (χ1) is 9.95. The summed E-state index contributed by atoms with van der Waals surface area (Å²) in [5.41, 5.74) is 8.70. The molecule has 0 fully saturated rings. The number of sulfonamides is 1. The number of benzene rings is 1. The molecule has 3 N–H and O–H groups in total. The lowest BCUT2D eigenvalue weighted by atomic mass is 9.88. The fourth-order valence-corrected chi connectivity index (χ4v) is 5.92. The van der Waals surface area contributed by atoms with Crippen molar-refractivity contribution in [2.45, 2.75) is 29.5 Å². The van der Waals surface area contributed by atoms with Gasteiger partial charge in [-0.1, -0.05) is 6.07 Å². The van der Waals surface area contributed by atoms with Crippen LogP contribution in [0.5, 0.6) is 0 Å². The van der Waals surface area contributed by atoms with E-state index in [1.54, 1.807) is 12.1 Å². The lowest BCUT2D eigenvalue weighted by Crippen LogP contribution is -2.30. The molecule has 1 aromatic carbocycles. The molecular weight excluding hydrogens is 372 g/mol. The highest BCUT2D eigenvalue weighted by Gasteiger charge is 2.26. The van der Waals surface area contributed by atoms with E-state index in [9.17, 15) is 8.42 Å². The van der Waals surface area contributed by atoms with E-state index in [1.165, 1.54) is 11.3 Å². The Kier molecular flexibility index (Phi) is 4.09. The van der Waals surface area contributed by atoms with Gasteiger partial charge in [0.2, 0.25) is 0 Å². The van der Waals surface area contributed by atoms with Gasteiger partial charge in [-0.25, -0.2) is 13.1 Å². The predicted octanol–water partition coefficient (Wildman–Crippen LogP) is 3.45. The van der Waals surface area contributed by atoms with Gasteiger partial charge in [0.05, 0.1) is 3.79 Å². The van der Waals surface area contributed by atoms with E-state index in [0.29, 0.717) is 4.21 Å². The Morgan fingerprint density at radius 3 is 2.81 bits per heavy atom. The number of nitrogens with one attached hydrogen (secondary N) is 1. The van der Waals surface area contributed by atoms with Crippen LogP contribution in [0.4, 0.5) is 5.69 Å². The SMILES string of the molecule is Nc1ccc2c(c1)CCCC2NS(=O)(=O)c1ccc(Br)s1. The average molecular weight is 387 g/mol. The molecule has 0 radical (unpaired) electrons. The van der Waals surface area contributed by atoms with Crippen molar-refractivity contribution in [2.24, 2.45) is 0 Å². The van der Waals surface area contributed by atoms with Gasteiger partial charge in [-0.2, -0.15) is 0 Å². The highest BCUT2D eigenvalue weighted by molar-refractivity contribution is 9.11. The summed E-state index contributed by atoms with van der Waals surface area (Å²) in [6.07, 6.45) is 2.71. The Labute approximate surface area is 136 Å². The van der Waals surface area contributed by atoms with Gasteiger partial charge < -0.3 is 5.73 Å². The second-order valence-electron chi connectivity index (χ2n) is 5.08. The molecule has 0 saturated carbocycles. The van der Waals surface area contributed by atoms with E-state index in [2.05, 4.69) is 20.7 Å². The number of anilines is 1. The van der Waals surface area contributed by atoms with Crippen molar-refractivity contribution in [1.29, 1.82) is 0 Å². The van der Waals surface area contributed by atoms with Gasteiger partial charge in [0.1, 0.15) is 4.21 Å². The molecule has 1 heterocycles. The van der Waals surface area contributed by atoms with E-state index in [4.69, 9.17) is 5.73 Å². The summed E-state index contributed by atoms with van der Waals surface area (Å²) >= 11 is 4.51. The maximum Gasteiger partial charge on any atom is 0.250 e. The Balaban J connectivity index is 1.90. The molecule has 3 rings (SSSR count). The molecule has 0 saturated heterocycles. The highest BCUT2D eigenvalue weighted by Crippen LogP contribution is 2.33. The Morgan fingerprint density at radius 1 is 1.29 bits per heavy atom. The molecule has 2 aromatic rings. The normalized spacial score (nSPS) is 18.4. The third kappa shape index (κ3) is 3.15. The number of halogens is 1. The van der Waals surface area contributed by atoms with Gasteiger partial charge in [-0.15, -0.1) is 11.3 Å². The van der Waals surface area contributed by atoms with E-state index in [-0.39, 0.29) is 6.04 Å². The number of aryl methyl sites for hydroxylation is 1. The molecule has 1 aliphatic rings. The molecular formula is C14H15BrN2O2S2. The van der Waals surface area contributed by atoms with Crippen molar-refractivity contribution in [2.75, 3.05) is 5.73 Å². The second kappa shape index (κ2) is 5.72. The molecule has 4 nitrogen and oxygen atoms in total. The first-order valence-corrected chi connectivity index (χ1v) is 9.71. The lowest BCUT2D eigenvalue weighted by molar-refractivity contribution is 0.508. The third-order valence-electron chi connectivity index (χ3n) is 3.59. The zero-order valence-corrected chi connectivity index (χ0v) is 14.4. The number of hydrogen-bond donors (Lipinski definition) is 2. The minimum atomic E-state index is -3.48. The van der Waals surface area contributed by atoms with Gasteiger partial charge in [0, 0.05) is 11.7 Å². The Hall–Kier alpha value is -0.890. The average Bonchev–Trinajstić information content (AvgIpc) is 2.86. The summed E-state index contributed by atoms with van der Waals surface area (Å²) in [5, 5.41) is 0. The molecule has 1 atom stereocenters. The number of nitrogen functional groups attached to an aromatic ring is 1. The van der Waals surface area contributed by atoms with E-state index in [1.807, 2.05) is 18.2 Å². The Morgan fingerprint density at radius 2 is 2.10 bits per heavy atom. The second-order valence-corrected chi connectivity index (χ2v) is 9.49. The van der Waals surface area contributed by atoms with Crippen molar-refractivity contribution in [3.63, 3.8) is 0 Å². The van der Waals surface area contributed by atoms with Crippen molar-refractivity contribution in [3.8, 4) is 0 Å². The van der Waals surface area contributed by atoms with Crippen molar-refractivity contribution in [1.82, 2.24) is 4.72 Å². The number of hydrogen-bond acceptors (Lipinski definition) is 4. The van der Waals surface area contributed by atoms with Crippen molar-refractivity contribution < 1.29 is 8.42 Å². The minimum absolute atomic E-state index is 0.180. The van der Waals surface area contributed by atoms with E-state index in [0.717, 1.165) is 39.9 Å². The van der Waals surface area contributed by atoms with Crippen LogP contribution < -0.4 is 10.5 Å². The Bertz CT molecular complexity index is 771. The van der Waals surface area contributed by atoms with Gasteiger partial charge >= 0.3 is 0 Å². The summed E-state index contributed by atoms with van der Waals surface area (Å²) in [4.78, 5) is 0. The van der Waals surface area contributed by atoms with Crippen LogP contribution in [0.2, 0.25) is 0 Å². The number of nitrogens with two attached hydrogens (primary N) is 1. The van der Waals surface area contributed by atoms with Crippen LogP contribution in [-0.2, 0) is 16.4 Å². The molecule has 1 unspecified atom stereocenters. The standard InChI is InChI=1S/C14H15BrN2O2S2/c15-13-6-7-14(20-13)21(18,19)17-12-3-1-2-9-8-10(16)4-5-11(9)12/h4-8,12,17H,1-3,16H2. The molecule has 7 heteroatoms. The van der Waals surface area contributed by atoms with Gasteiger partial charge in [-0.3, -0.25) is 0 Å². The summed E-state index contributed by atoms with van der Waals surface area (Å²) < 4.78 is 28.8. The summed E-state index contributed by atoms with van der Waals surface area (Å²) in [7, 11) is -3.48. The van der Waals surface area contributed by atoms with Crippen LogP contribution >= 0.6 is 27.3 Å². The lowest BCUT2D eigenvalue weighted by Gasteiger charge is -2.26. The molecule has 0 aliphatic heterocycles. The zero-order chi connectivity index (χ0) is 15.0. The first kappa shape index (κ1) is 15.0. The number of thiophene rings is 1. The molecule has 21 heavy (non-hydrogen) atoms. The molecule has 0 amide bonds. The maximum absolute atomic E-state index is 12.4. The van der Waals surface area contributed by atoms with Crippen LogP contribution in [0.3, 0.4) is 0 Å². The maximum atomic E-state index is 12.4. The number of fused-ring (bicyclic) bond motifs is 1. The van der Waals surface area contributed by atoms with Crippen LogP contribution in [0, 0.1) is 0 Å². The summed E-state index contributed by atoms with van der Waals surface area (Å²) in [6, 6.07) is 8.88. The molecule has 0 spiro atoms.